The smallest absolute Gasteiger partial charge is 0.246 e. The van der Waals surface area contributed by atoms with Crippen LogP contribution < -0.4 is 5.32 Å². The number of nitrogens with zero attached hydrogens (tertiary/aromatic N) is 2. The molecule has 0 radical (unpaired) electrons. The highest BCUT2D eigenvalue weighted by Crippen LogP contribution is 2.25. The molecule has 4 nitrogen and oxygen atoms in total. The SMILES string of the molecule is CCNC(C)(C)c1nc(-c2ccc3ccccc3c2)no1. The zero-order chi connectivity index (χ0) is 14.9. The first-order chi connectivity index (χ1) is 10.1. The van der Waals surface area contributed by atoms with Gasteiger partial charge in [-0.05, 0) is 37.2 Å². The van der Waals surface area contributed by atoms with Crippen LogP contribution >= 0.6 is 0 Å². The summed E-state index contributed by atoms with van der Waals surface area (Å²) in [6.45, 7) is 6.98. The van der Waals surface area contributed by atoms with Gasteiger partial charge in [0, 0.05) is 5.56 Å². The van der Waals surface area contributed by atoms with Crippen molar-refractivity contribution in [3.8, 4) is 11.4 Å². The van der Waals surface area contributed by atoms with Gasteiger partial charge in [-0.25, -0.2) is 0 Å². The molecule has 0 amide bonds. The minimum absolute atomic E-state index is 0.323. The summed E-state index contributed by atoms with van der Waals surface area (Å²) in [6.07, 6.45) is 0. The molecule has 3 rings (SSSR count). The van der Waals surface area contributed by atoms with E-state index >= 15 is 0 Å². The van der Waals surface area contributed by atoms with Crippen molar-refractivity contribution in [3.05, 3.63) is 48.4 Å². The normalized spacial score (nSPS) is 12.0. The van der Waals surface area contributed by atoms with E-state index in [1.165, 1.54) is 10.8 Å². The lowest BCUT2D eigenvalue weighted by Gasteiger charge is -2.20. The monoisotopic (exact) mass is 281 g/mol. The van der Waals surface area contributed by atoms with Crippen LogP contribution in [0.1, 0.15) is 26.7 Å². The van der Waals surface area contributed by atoms with E-state index in [1.807, 2.05) is 32.0 Å². The number of hydrogen-bond acceptors (Lipinski definition) is 4. The Kier molecular flexibility index (Phi) is 3.47. The number of fused-ring (bicyclic) bond motifs is 1. The molecule has 0 aliphatic carbocycles. The standard InChI is InChI=1S/C17H19N3O/c1-4-18-17(2,3)16-19-15(20-21-16)14-10-9-12-7-5-6-8-13(12)11-14/h5-11,18H,4H2,1-3H3. The van der Waals surface area contributed by atoms with E-state index < -0.39 is 0 Å². The first-order valence-electron chi connectivity index (χ1n) is 7.18. The molecule has 1 N–H and O–H groups in total. The van der Waals surface area contributed by atoms with E-state index in [9.17, 15) is 0 Å². The fraction of sp³-hybridized carbons (Fsp3) is 0.294. The number of rotatable bonds is 4. The molecule has 0 saturated heterocycles. The molecule has 108 valence electrons. The van der Waals surface area contributed by atoms with Crippen LogP contribution in [0.5, 0.6) is 0 Å². The summed E-state index contributed by atoms with van der Waals surface area (Å²) in [5.74, 6) is 1.23. The third kappa shape index (κ3) is 2.67. The Morgan fingerprint density at radius 3 is 2.62 bits per heavy atom. The van der Waals surface area contributed by atoms with Gasteiger partial charge in [-0.15, -0.1) is 0 Å². The Morgan fingerprint density at radius 2 is 1.86 bits per heavy atom. The van der Waals surface area contributed by atoms with Gasteiger partial charge in [0.25, 0.3) is 0 Å². The largest absolute Gasteiger partial charge is 0.337 e. The number of aromatic nitrogens is 2. The molecule has 0 unspecified atom stereocenters. The minimum Gasteiger partial charge on any atom is -0.337 e. The van der Waals surface area contributed by atoms with Crippen molar-refractivity contribution in [1.82, 2.24) is 15.5 Å². The predicted molar refractivity (Wildman–Crippen MR) is 83.9 cm³/mol. The fourth-order valence-electron chi connectivity index (χ4n) is 2.44. The first-order valence-corrected chi connectivity index (χ1v) is 7.18. The minimum atomic E-state index is -0.323. The molecule has 0 aliphatic heterocycles. The highest BCUT2D eigenvalue weighted by molar-refractivity contribution is 5.86. The number of nitrogens with one attached hydrogen (secondary N) is 1. The third-order valence-electron chi connectivity index (χ3n) is 3.59. The van der Waals surface area contributed by atoms with Crippen LogP contribution in [-0.2, 0) is 5.54 Å². The zero-order valence-electron chi connectivity index (χ0n) is 12.6. The average molecular weight is 281 g/mol. The van der Waals surface area contributed by atoms with E-state index in [4.69, 9.17) is 4.52 Å². The van der Waals surface area contributed by atoms with Gasteiger partial charge >= 0.3 is 0 Å². The lowest BCUT2D eigenvalue weighted by atomic mass is 10.1. The molecule has 0 aliphatic rings. The Morgan fingerprint density at radius 1 is 1.10 bits per heavy atom. The number of benzene rings is 2. The second kappa shape index (κ2) is 5.30. The van der Waals surface area contributed by atoms with Gasteiger partial charge in [-0.2, -0.15) is 4.98 Å². The van der Waals surface area contributed by atoms with Gasteiger partial charge in [0.1, 0.15) is 0 Å². The Labute approximate surface area is 124 Å². The maximum atomic E-state index is 5.42. The Balaban J connectivity index is 1.98. The topological polar surface area (TPSA) is 51.0 Å². The molecule has 0 atom stereocenters. The van der Waals surface area contributed by atoms with Crippen molar-refractivity contribution in [2.75, 3.05) is 6.54 Å². The van der Waals surface area contributed by atoms with Crippen LogP contribution in [0.2, 0.25) is 0 Å². The van der Waals surface area contributed by atoms with Crippen molar-refractivity contribution in [2.24, 2.45) is 0 Å². The van der Waals surface area contributed by atoms with Crippen LogP contribution in [0.3, 0.4) is 0 Å². The summed E-state index contributed by atoms with van der Waals surface area (Å²) in [6, 6.07) is 14.4. The molecule has 3 aromatic rings. The van der Waals surface area contributed by atoms with Crippen molar-refractivity contribution in [2.45, 2.75) is 26.3 Å². The van der Waals surface area contributed by atoms with Crippen LogP contribution in [-0.4, -0.2) is 16.7 Å². The molecule has 21 heavy (non-hydrogen) atoms. The van der Waals surface area contributed by atoms with Gasteiger partial charge in [-0.3, -0.25) is 0 Å². The van der Waals surface area contributed by atoms with Gasteiger partial charge in [0.05, 0.1) is 5.54 Å². The highest BCUT2D eigenvalue weighted by atomic mass is 16.5. The summed E-state index contributed by atoms with van der Waals surface area (Å²) in [4.78, 5) is 4.54. The summed E-state index contributed by atoms with van der Waals surface area (Å²) in [5, 5.41) is 9.83. The first kappa shape index (κ1) is 13.8. The third-order valence-corrected chi connectivity index (χ3v) is 3.59. The number of hydrogen-bond donors (Lipinski definition) is 1. The lowest BCUT2D eigenvalue weighted by Crippen LogP contribution is -2.36. The van der Waals surface area contributed by atoms with E-state index in [1.54, 1.807) is 0 Å². The van der Waals surface area contributed by atoms with E-state index in [2.05, 4.69) is 46.6 Å². The highest BCUT2D eigenvalue weighted by Gasteiger charge is 2.26. The summed E-state index contributed by atoms with van der Waals surface area (Å²) in [7, 11) is 0. The molecular weight excluding hydrogens is 262 g/mol. The molecule has 0 saturated carbocycles. The second-order valence-corrected chi connectivity index (χ2v) is 5.64. The van der Waals surface area contributed by atoms with Crippen molar-refractivity contribution in [1.29, 1.82) is 0 Å². The van der Waals surface area contributed by atoms with Crippen molar-refractivity contribution in [3.63, 3.8) is 0 Å². The predicted octanol–water partition coefficient (Wildman–Crippen LogP) is 3.73. The molecule has 2 aromatic carbocycles. The van der Waals surface area contributed by atoms with Gasteiger partial charge in [0.15, 0.2) is 0 Å². The summed E-state index contributed by atoms with van der Waals surface area (Å²) >= 11 is 0. The molecule has 0 bridgehead atoms. The molecule has 1 aromatic heterocycles. The van der Waals surface area contributed by atoms with Crippen molar-refractivity contribution < 1.29 is 4.52 Å². The molecule has 0 spiro atoms. The zero-order valence-corrected chi connectivity index (χ0v) is 12.6. The Hall–Kier alpha value is -2.20. The molecule has 4 heteroatoms. The van der Waals surface area contributed by atoms with Crippen LogP contribution in [0.4, 0.5) is 0 Å². The van der Waals surface area contributed by atoms with Crippen LogP contribution in [0.25, 0.3) is 22.2 Å². The maximum Gasteiger partial charge on any atom is 0.246 e. The second-order valence-electron chi connectivity index (χ2n) is 5.64. The van der Waals surface area contributed by atoms with Crippen LogP contribution in [0, 0.1) is 0 Å². The van der Waals surface area contributed by atoms with Crippen molar-refractivity contribution >= 4 is 10.8 Å². The average Bonchev–Trinajstić information content (AvgIpc) is 2.97. The molecule has 1 heterocycles. The van der Waals surface area contributed by atoms with Crippen LogP contribution in [0.15, 0.2) is 47.0 Å². The summed E-state index contributed by atoms with van der Waals surface area (Å²) in [5.41, 5.74) is 0.646. The van der Waals surface area contributed by atoms with E-state index in [0.29, 0.717) is 11.7 Å². The molecule has 0 fully saturated rings. The van der Waals surface area contributed by atoms with Gasteiger partial charge in [0.2, 0.25) is 11.7 Å². The lowest BCUT2D eigenvalue weighted by molar-refractivity contribution is 0.272. The maximum absolute atomic E-state index is 5.42. The van der Waals surface area contributed by atoms with E-state index in [0.717, 1.165) is 12.1 Å². The quantitative estimate of drug-likeness (QED) is 0.791. The Bertz CT molecular complexity index is 761. The summed E-state index contributed by atoms with van der Waals surface area (Å²) < 4.78 is 5.42. The van der Waals surface area contributed by atoms with Gasteiger partial charge < -0.3 is 9.84 Å². The fourth-order valence-corrected chi connectivity index (χ4v) is 2.44. The van der Waals surface area contributed by atoms with E-state index in [-0.39, 0.29) is 5.54 Å². The van der Waals surface area contributed by atoms with Gasteiger partial charge in [-0.1, -0.05) is 48.5 Å². The molecular formula is C17H19N3O.